The van der Waals surface area contributed by atoms with Crippen LogP contribution in [0.2, 0.25) is 0 Å². The second-order valence-electron chi connectivity index (χ2n) is 3.58. The van der Waals surface area contributed by atoms with E-state index in [9.17, 15) is 9.90 Å². The highest BCUT2D eigenvalue weighted by Gasteiger charge is 2.04. The molecule has 0 heterocycles. The molecule has 1 radical (unpaired) electrons. The van der Waals surface area contributed by atoms with Crippen LogP contribution >= 0.6 is 0 Å². The summed E-state index contributed by atoms with van der Waals surface area (Å²) in [6.45, 7) is 4.41. The quantitative estimate of drug-likeness (QED) is 0.453. The molecule has 13 heavy (non-hydrogen) atoms. The van der Waals surface area contributed by atoms with Crippen LogP contribution in [0, 0.1) is 5.92 Å². The molecule has 0 unspecified atom stereocenters. The molecule has 0 aliphatic carbocycles. The number of carbonyl (C=O) groups excluding carboxylic acids is 1. The Balaban J connectivity index is 3.17. The number of ether oxygens (including phenoxy) is 1. The maximum Gasteiger partial charge on any atom is 0.306 e. The fourth-order valence-corrected chi connectivity index (χ4v) is 0.959. The summed E-state index contributed by atoms with van der Waals surface area (Å²) in [5.41, 5.74) is 0. The first-order valence-electron chi connectivity index (χ1n) is 4.90. The second-order valence-corrected chi connectivity index (χ2v) is 3.58. The lowest BCUT2D eigenvalue weighted by molar-refractivity contribution is -0.144. The van der Waals surface area contributed by atoms with Gasteiger partial charge in [-0.2, -0.15) is 0 Å². The topological polar surface area (TPSA) is 46.2 Å². The van der Waals surface area contributed by atoms with E-state index in [1.807, 2.05) is 13.8 Å². The molecule has 0 amide bonds. The van der Waals surface area contributed by atoms with Gasteiger partial charge in [-0.25, -0.2) is 5.11 Å². The van der Waals surface area contributed by atoms with Gasteiger partial charge in [-0.15, -0.1) is 0 Å². The number of hydrogen-bond donors (Lipinski definition) is 0. The van der Waals surface area contributed by atoms with Gasteiger partial charge in [-0.05, 0) is 25.2 Å². The van der Waals surface area contributed by atoms with Crippen LogP contribution in [0.3, 0.4) is 0 Å². The Morgan fingerprint density at radius 1 is 1.23 bits per heavy atom. The molecular formula is C10H19O3. The maximum absolute atomic E-state index is 11.0. The molecule has 0 N–H and O–H groups in total. The predicted octanol–water partition coefficient (Wildman–Crippen LogP) is 2.18. The van der Waals surface area contributed by atoms with E-state index in [1.165, 1.54) is 0 Å². The second kappa shape index (κ2) is 8.05. The highest BCUT2D eigenvalue weighted by molar-refractivity contribution is 5.69. The molecule has 0 aromatic carbocycles. The molecule has 0 fully saturated rings. The van der Waals surface area contributed by atoms with Gasteiger partial charge in [0.25, 0.3) is 0 Å². The maximum atomic E-state index is 11.0. The molecule has 3 nitrogen and oxygen atoms in total. The highest BCUT2D eigenvalue weighted by Crippen LogP contribution is 2.02. The molecule has 0 aliphatic rings. The minimum atomic E-state index is -0.128. The standard InChI is InChI=1S/C10H19O3/c1-9(2)8-10(12)13-7-5-3-4-6-11/h9H,3-8H2,1-2H3. The first-order chi connectivity index (χ1) is 6.16. The minimum Gasteiger partial charge on any atom is -0.466 e. The third-order valence-electron chi connectivity index (χ3n) is 1.63. The van der Waals surface area contributed by atoms with Crippen molar-refractivity contribution in [3.8, 4) is 0 Å². The fraction of sp³-hybridized carbons (Fsp3) is 0.900. The van der Waals surface area contributed by atoms with E-state index in [-0.39, 0.29) is 12.6 Å². The van der Waals surface area contributed by atoms with Crippen molar-refractivity contribution >= 4 is 5.97 Å². The van der Waals surface area contributed by atoms with Crippen LogP contribution in [-0.2, 0) is 14.6 Å². The molecule has 0 spiro atoms. The first-order valence-corrected chi connectivity index (χ1v) is 4.90. The van der Waals surface area contributed by atoms with E-state index in [2.05, 4.69) is 0 Å². The minimum absolute atomic E-state index is 0.0278. The van der Waals surface area contributed by atoms with Gasteiger partial charge >= 0.3 is 5.97 Å². The number of esters is 1. The normalized spacial score (nSPS) is 10.5. The third-order valence-corrected chi connectivity index (χ3v) is 1.63. The average molecular weight is 187 g/mol. The van der Waals surface area contributed by atoms with Crippen LogP contribution in [-0.4, -0.2) is 19.2 Å². The molecule has 0 saturated heterocycles. The van der Waals surface area contributed by atoms with Gasteiger partial charge < -0.3 is 4.74 Å². The smallest absolute Gasteiger partial charge is 0.306 e. The lowest BCUT2D eigenvalue weighted by atomic mass is 10.1. The molecule has 0 aromatic heterocycles. The molecule has 0 aliphatic heterocycles. The van der Waals surface area contributed by atoms with Gasteiger partial charge in [-0.3, -0.25) is 4.79 Å². The fourth-order valence-electron chi connectivity index (χ4n) is 0.959. The highest BCUT2D eigenvalue weighted by atomic mass is 16.5. The van der Waals surface area contributed by atoms with E-state index >= 15 is 0 Å². The van der Waals surface area contributed by atoms with Crippen LogP contribution < -0.4 is 0 Å². The van der Waals surface area contributed by atoms with E-state index in [0.717, 1.165) is 12.8 Å². The number of unbranched alkanes of at least 4 members (excludes halogenated alkanes) is 2. The molecule has 0 aromatic rings. The molecule has 0 rings (SSSR count). The van der Waals surface area contributed by atoms with Crippen molar-refractivity contribution in [2.45, 2.75) is 39.5 Å². The predicted molar refractivity (Wildman–Crippen MR) is 49.8 cm³/mol. The van der Waals surface area contributed by atoms with Crippen LogP contribution in [0.15, 0.2) is 0 Å². The molecule has 0 saturated carbocycles. The van der Waals surface area contributed by atoms with E-state index in [1.54, 1.807) is 0 Å². The average Bonchev–Trinajstić information content (AvgIpc) is 2.02. The van der Waals surface area contributed by atoms with Crippen LogP contribution in [0.5, 0.6) is 0 Å². The van der Waals surface area contributed by atoms with Crippen molar-refractivity contribution in [3.05, 3.63) is 0 Å². The molecule has 77 valence electrons. The Hall–Kier alpha value is -0.570. The summed E-state index contributed by atoms with van der Waals surface area (Å²) < 4.78 is 4.96. The van der Waals surface area contributed by atoms with E-state index in [4.69, 9.17) is 4.74 Å². The third kappa shape index (κ3) is 9.34. The Bertz CT molecular complexity index is 132. The molecule has 0 atom stereocenters. The van der Waals surface area contributed by atoms with Crippen molar-refractivity contribution < 1.29 is 14.6 Å². The summed E-state index contributed by atoms with van der Waals surface area (Å²) in [6.07, 6.45) is 2.84. The van der Waals surface area contributed by atoms with Crippen LogP contribution in [0.4, 0.5) is 0 Å². The van der Waals surface area contributed by atoms with Gasteiger partial charge in [0.1, 0.15) is 0 Å². The summed E-state index contributed by atoms with van der Waals surface area (Å²) in [6, 6.07) is 0. The zero-order chi connectivity index (χ0) is 10.1. The summed E-state index contributed by atoms with van der Waals surface area (Å²) in [5.74, 6) is 0.228. The SMILES string of the molecule is CC(C)CC(=O)OCCCCC[O]. The lowest BCUT2D eigenvalue weighted by Crippen LogP contribution is -2.08. The largest absolute Gasteiger partial charge is 0.466 e. The van der Waals surface area contributed by atoms with E-state index < -0.39 is 0 Å². The number of carbonyl (C=O) groups is 1. The van der Waals surface area contributed by atoms with Gasteiger partial charge in [0, 0.05) is 6.42 Å². The summed E-state index contributed by atoms with van der Waals surface area (Å²) >= 11 is 0. The molecule has 0 bridgehead atoms. The van der Waals surface area contributed by atoms with E-state index in [0.29, 0.717) is 25.4 Å². The Labute approximate surface area is 80.1 Å². The summed E-state index contributed by atoms with van der Waals surface area (Å²) in [4.78, 5) is 11.0. The van der Waals surface area contributed by atoms with Crippen molar-refractivity contribution in [1.82, 2.24) is 0 Å². The molecule has 3 heteroatoms. The Kier molecular flexibility index (Phi) is 7.69. The van der Waals surface area contributed by atoms with Gasteiger partial charge in [-0.1, -0.05) is 13.8 Å². The Morgan fingerprint density at radius 2 is 1.92 bits per heavy atom. The Morgan fingerprint density at radius 3 is 2.46 bits per heavy atom. The van der Waals surface area contributed by atoms with Crippen molar-refractivity contribution in [2.75, 3.05) is 13.2 Å². The monoisotopic (exact) mass is 187 g/mol. The summed E-state index contributed by atoms with van der Waals surface area (Å²) in [5, 5.41) is 10.1. The van der Waals surface area contributed by atoms with Crippen molar-refractivity contribution in [3.63, 3.8) is 0 Å². The van der Waals surface area contributed by atoms with Crippen LogP contribution in [0.25, 0.3) is 0 Å². The van der Waals surface area contributed by atoms with Gasteiger partial charge in [0.2, 0.25) is 0 Å². The zero-order valence-electron chi connectivity index (χ0n) is 8.54. The summed E-state index contributed by atoms with van der Waals surface area (Å²) in [7, 11) is 0. The van der Waals surface area contributed by atoms with Crippen molar-refractivity contribution in [1.29, 1.82) is 0 Å². The van der Waals surface area contributed by atoms with Crippen molar-refractivity contribution in [2.24, 2.45) is 5.92 Å². The number of hydrogen-bond acceptors (Lipinski definition) is 2. The van der Waals surface area contributed by atoms with Gasteiger partial charge in [0.05, 0.1) is 13.2 Å². The van der Waals surface area contributed by atoms with Gasteiger partial charge in [0.15, 0.2) is 0 Å². The van der Waals surface area contributed by atoms with Crippen LogP contribution in [0.1, 0.15) is 39.5 Å². The zero-order valence-corrected chi connectivity index (χ0v) is 8.54. The number of rotatable bonds is 7. The molecular weight excluding hydrogens is 168 g/mol. The first kappa shape index (κ1) is 12.4. The lowest BCUT2D eigenvalue weighted by Gasteiger charge is -2.05.